The number of benzene rings is 2. The third-order valence-corrected chi connectivity index (χ3v) is 6.50. The van der Waals surface area contributed by atoms with E-state index in [4.69, 9.17) is 0 Å². The fourth-order valence-electron chi connectivity index (χ4n) is 3.17. The minimum atomic E-state index is 0.126. The van der Waals surface area contributed by atoms with Crippen LogP contribution >= 0.6 is 34.6 Å². The van der Waals surface area contributed by atoms with E-state index in [1.165, 1.54) is 23.0 Å². The first-order valence-electron chi connectivity index (χ1n) is 10.7. The van der Waals surface area contributed by atoms with Gasteiger partial charge in [-0.1, -0.05) is 66.4 Å². The number of aromatic nitrogens is 1. The molecular formula is C26H29IN3OS+. The Morgan fingerprint density at radius 2 is 1.66 bits per heavy atom. The maximum absolute atomic E-state index is 12.2. The lowest BCUT2D eigenvalue weighted by atomic mass is 10.1. The maximum atomic E-state index is 12.2. The predicted octanol–water partition coefficient (Wildman–Crippen LogP) is 5.48. The summed E-state index contributed by atoms with van der Waals surface area (Å²) < 4.78 is 5.27. The number of carbonyl (C=O) groups is 1. The van der Waals surface area contributed by atoms with E-state index >= 15 is 0 Å². The Kier molecular flexibility index (Phi) is 10.3. The highest BCUT2D eigenvalue weighted by atomic mass is 127. The summed E-state index contributed by atoms with van der Waals surface area (Å²) >= 11 is 3.55. The number of halogens is 1. The molecule has 1 heterocycles. The molecule has 166 valence electrons. The number of aryl methyl sites for hydroxylation is 1. The van der Waals surface area contributed by atoms with E-state index in [0.717, 1.165) is 42.9 Å². The Balaban J connectivity index is 1.46. The number of hydrogen-bond acceptors (Lipinski definition) is 4. The van der Waals surface area contributed by atoms with Gasteiger partial charge in [-0.2, -0.15) is 0 Å². The molecule has 0 amide bonds. The summed E-state index contributed by atoms with van der Waals surface area (Å²) in [6, 6.07) is 22.3. The van der Waals surface area contributed by atoms with Crippen molar-refractivity contribution in [2.24, 2.45) is 0 Å². The van der Waals surface area contributed by atoms with Gasteiger partial charge >= 0.3 is 0 Å². The fourth-order valence-corrected chi connectivity index (χ4v) is 4.35. The monoisotopic (exact) mass is 558 g/mol. The Hall–Kier alpha value is -2.16. The highest BCUT2D eigenvalue weighted by molar-refractivity contribution is 14.1. The normalized spacial score (nSPS) is 11.1. The molecule has 1 aromatic heterocycles. The topological polar surface area (TPSA) is 36.2 Å². The van der Waals surface area contributed by atoms with Crippen LogP contribution < -0.4 is 13.0 Å². The van der Waals surface area contributed by atoms with Crippen molar-refractivity contribution in [1.29, 1.82) is 0 Å². The van der Waals surface area contributed by atoms with Gasteiger partial charge < -0.3 is 4.90 Å². The van der Waals surface area contributed by atoms with Gasteiger partial charge in [0, 0.05) is 66.4 Å². The number of thioether (sulfide) groups is 1. The molecule has 0 aliphatic carbocycles. The van der Waals surface area contributed by atoms with Gasteiger partial charge in [-0.05, 0) is 29.7 Å². The smallest absolute Gasteiger partial charge is 0.219 e. The van der Waals surface area contributed by atoms with Crippen molar-refractivity contribution in [3.05, 3.63) is 95.8 Å². The van der Waals surface area contributed by atoms with Crippen molar-refractivity contribution in [1.82, 2.24) is 3.53 Å². The second-order valence-electron chi connectivity index (χ2n) is 7.45. The summed E-state index contributed by atoms with van der Waals surface area (Å²) in [4.78, 5) is 14.4. The molecule has 1 N–H and O–H groups in total. The summed E-state index contributed by atoms with van der Waals surface area (Å²) in [7, 11) is 2.13. The lowest BCUT2D eigenvalue weighted by molar-refractivity contribution is -0.692. The molecule has 2 aromatic carbocycles. The van der Waals surface area contributed by atoms with Gasteiger partial charge in [-0.15, -0.1) is 0 Å². The highest BCUT2D eigenvalue weighted by Crippen LogP contribution is 2.16. The molecular weight excluding hydrogens is 529 g/mol. The Morgan fingerprint density at radius 3 is 2.31 bits per heavy atom. The number of carbonyl (C=O) groups excluding carboxylic acids is 1. The van der Waals surface area contributed by atoms with Crippen molar-refractivity contribution in [2.75, 3.05) is 30.8 Å². The molecule has 3 rings (SSSR count). The lowest BCUT2D eigenvalue weighted by Crippen LogP contribution is -2.34. The number of anilines is 1. The fraction of sp³-hybridized carbons (Fsp3) is 0.231. The van der Waals surface area contributed by atoms with Crippen LogP contribution in [0.3, 0.4) is 0 Å². The van der Waals surface area contributed by atoms with Gasteiger partial charge in [0.25, 0.3) is 0 Å². The molecule has 0 bridgehead atoms. The van der Waals surface area contributed by atoms with Crippen LogP contribution in [0.2, 0.25) is 0 Å². The van der Waals surface area contributed by atoms with E-state index in [1.54, 1.807) is 0 Å². The Labute approximate surface area is 209 Å². The van der Waals surface area contributed by atoms with Crippen molar-refractivity contribution in [3.8, 4) is 0 Å². The van der Waals surface area contributed by atoms with Crippen LogP contribution in [0.15, 0.2) is 79.1 Å². The van der Waals surface area contributed by atoms with Crippen molar-refractivity contribution < 1.29 is 9.36 Å². The van der Waals surface area contributed by atoms with Gasteiger partial charge in [-0.25, -0.2) is 4.57 Å². The number of nitrogens with zero attached hydrogens (tertiary/aromatic N) is 2. The minimum absolute atomic E-state index is 0.126. The Morgan fingerprint density at radius 1 is 1.00 bits per heavy atom. The number of pyridine rings is 1. The van der Waals surface area contributed by atoms with E-state index in [1.807, 2.05) is 30.3 Å². The molecule has 0 aliphatic heterocycles. The zero-order chi connectivity index (χ0) is 22.6. The molecule has 0 saturated heterocycles. The standard InChI is InChI=1S/C26H29IN3OS/c1-29(17-5-16-28-27)25-12-10-22(11-13-25)8-9-23-14-18-30(19-15-23)20-21-32-26(31)24-6-3-2-4-7-24/h2-4,6-15,18-19,28H,5,16-17,20-21H2,1H3/q+1. The lowest BCUT2D eigenvalue weighted by Gasteiger charge is -2.19. The average Bonchev–Trinajstić information content (AvgIpc) is 2.84. The van der Waals surface area contributed by atoms with Gasteiger partial charge in [0.1, 0.15) is 0 Å². The summed E-state index contributed by atoms with van der Waals surface area (Å²) in [5.74, 6) is 0.753. The molecule has 0 aliphatic rings. The summed E-state index contributed by atoms with van der Waals surface area (Å²) in [6.45, 7) is 2.86. The van der Waals surface area contributed by atoms with Gasteiger partial charge in [-0.3, -0.25) is 8.32 Å². The summed E-state index contributed by atoms with van der Waals surface area (Å²) in [5.41, 5.74) is 4.33. The molecule has 3 aromatic rings. The third-order valence-electron chi connectivity index (χ3n) is 5.08. The molecule has 0 unspecified atom stereocenters. The molecule has 0 spiro atoms. The van der Waals surface area contributed by atoms with Crippen LogP contribution in [0.4, 0.5) is 5.69 Å². The minimum Gasteiger partial charge on any atom is -0.375 e. The zero-order valence-electron chi connectivity index (χ0n) is 18.3. The number of nitrogens with one attached hydrogen (secondary N) is 1. The van der Waals surface area contributed by atoms with Crippen LogP contribution in [-0.2, 0) is 6.54 Å². The second-order valence-corrected chi connectivity index (χ2v) is 9.29. The van der Waals surface area contributed by atoms with Crippen LogP contribution in [0.5, 0.6) is 0 Å². The molecule has 6 heteroatoms. The first kappa shape index (κ1) is 24.5. The van der Waals surface area contributed by atoms with Gasteiger partial charge in [0.15, 0.2) is 18.9 Å². The van der Waals surface area contributed by atoms with Crippen molar-refractivity contribution in [2.45, 2.75) is 13.0 Å². The van der Waals surface area contributed by atoms with Crippen LogP contribution in [-0.4, -0.2) is 31.0 Å². The van der Waals surface area contributed by atoms with E-state index in [9.17, 15) is 4.79 Å². The first-order valence-corrected chi connectivity index (χ1v) is 12.8. The molecule has 0 atom stereocenters. The first-order chi connectivity index (χ1) is 15.7. The zero-order valence-corrected chi connectivity index (χ0v) is 21.3. The average molecular weight is 559 g/mol. The van der Waals surface area contributed by atoms with Gasteiger partial charge in [0.05, 0.1) is 5.75 Å². The van der Waals surface area contributed by atoms with Gasteiger partial charge in [0.2, 0.25) is 5.12 Å². The SMILES string of the molecule is CN(CCCNI)c1ccc(/C=C/c2cc[n+](CCSC(=O)c3ccccc3)cc2)cc1. The second kappa shape index (κ2) is 13.4. The quantitative estimate of drug-likeness (QED) is 0.146. The van der Waals surface area contributed by atoms with Crippen LogP contribution in [0, 0.1) is 0 Å². The van der Waals surface area contributed by atoms with Crippen LogP contribution in [0.25, 0.3) is 12.2 Å². The predicted molar refractivity (Wildman–Crippen MR) is 145 cm³/mol. The largest absolute Gasteiger partial charge is 0.375 e. The third kappa shape index (κ3) is 8.07. The number of hydrogen-bond donors (Lipinski definition) is 1. The summed E-state index contributed by atoms with van der Waals surface area (Å²) in [5, 5.41) is 0.126. The van der Waals surface area contributed by atoms with Crippen molar-refractivity contribution >= 4 is 57.6 Å². The maximum Gasteiger partial charge on any atom is 0.219 e. The molecule has 4 nitrogen and oxygen atoms in total. The van der Waals surface area contributed by atoms with E-state index in [0.29, 0.717) is 0 Å². The van der Waals surface area contributed by atoms with Crippen molar-refractivity contribution in [3.63, 3.8) is 0 Å². The number of rotatable bonds is 11. The molecule has 0 saturated carbocycles. The molecule has 0 radical (unpaired) electrons. The molecule has 0 fully saturated rings. The summed E-state index contributed by atoms with van der Waals surface area (Å²) in [6.07, 6.45) is 9.52. The highest BCUT2D eigenvalue weighted by Gasteiger charge is 2.08. The van der Waals surface area contributed by atoms with E-state index in [-0.39, 0.29) is 5.12 Å². The van der Waals surface area contributed by atoms with E-state index in [2.05, 4.69) is 104 Å². The molecule has 32 heavy (non-hydrogen) atoms. The van der Waals surface area contributed by atoms with E-state index < -0.39 is 0 Å². The van der Waals surface area contributed by atoms with Crippen LogP contribution in [0.1, 0.15) is 27.9 Å². The Bertz CT molecular complexity index is 992.